The van der Waals surface area contributed by atoms with Crippen molar-refractivity contribution in [2.24, 2.45) is 5.73 Å². The molecule has 0 atom stereocenters. The zero-order chi connectivity index (χ0) is 17.6. The van der Waals surface area contributed by atoms with E-state index in [0.717, 1.165) is 74.8 Å². The molecule has 25 heavy (non-hydrogen) atoms. The SMILES string of the molecule is COc1cc2nc(CCCN)n(CCN3CCOCC3)c2cc1OC. The highest BCUT2D eigenvalue weighted by atomic mass is 16.5. The lowest BCUT2D eigenvalue weighted by Crippen LogP contribution is -2.38. The monoisotopic (exact) mass is 348 g/mol. The number of fused-ring (bicyclic) bond motifs is 1. The Kier molecular flexibility index (Phi) is 6.12. The van der Waals surface area contributed by atoms with E-state index in [4.69, 9.17) is 24.9 Å². The minimum absolute atomic E-state index is 0.666. The van der Waals surface area contributed by atoms with Crippen molar-refractivity contribution in [1.29, 1.82) is 0 Å². The van der Waals surface area contributed by atoms with Crippen LogP contribution in [0.1, 0.15) is 12.2 Å². The fraction of sp³-hybridized carbons (Fsp3) is 0.611. The minimum atomic E-state index is 0.666. The van der Waals surface area contributed by atoms with Gasteiger partial charge in [0.1, 0.15) is 5.82 Å². The van der Waals surface area contributed by atoms with Crippen LogP contribution in [0.5, 0.6) is 11.5 Å². The van der Waals surface area contributed by atoms with E-state index < -0.39 is 0 Å². The van der Waals surface area contributed by atoms with E-state index in [1.54, 1.807) is 14.2 Å². The molecular formula is C18H28N4O3. The molecule has 1 saturated heterocycles. The number of benzene rings is 1. The maximum absolute atomic E-state index is 5.70. The molecule has 7 nitrogen and oxygen atoms in total. The van der Waals surface area contributed by atoms with Crippen LogP contribution in [0.4, 0.5) is 0 Å². The molecular weight excluding hydrogens is 320 g/mol. The van der Waals surface area contributed by atoms with Crippen LogP contribution in [-0.2, 0) is 17.7 Å². The van der Waals surface area contributed by atoms with Gasteiger partial charge in [0.25, 0.3) is 0 Å². The second-order valence-corrected chi connectivity index (χ2v) is 6.22. The van der Waals surface area contributed by atoms with Crippen molar-refractivity contribution >= 4 is 11.0 Å². The molecule has 1 aromatic heterocycles. The average Bonchev–Trinajstić information content (AvgIpc) is 3.00. The van der Waals surface area contributed by atoms with E-state index in [1.807, 2.05) is 12.1 Å². The van der Waals surface area contributed by atoms with Crippen LogP contribution >= 0.6 is 0 Å². The zero-order valence-corrected chi connectivity index (χ0v) is 15.2. The van der Waals surface area contributed by atoms with Gasteiger partial charge in [-0.15, -0.1) is 0 Å². The fourth-order valence-corrected chi connectivity index (χ4v) is 3.27. The molecule has 1 aliphatic rings. The Morgan fingerprint density at radius 2 is 1.84 bits per heavy atom. The summed E-state index contributed by atoms with van der Waals surface area (Å²) >= 11 is 0. The Hall–Kier alpha value is -1.83. The van der Waals surface area contributed by atoms with Gasteiger partial charge in [0.2, 0.25) is 0 Å². The lowest BCUT2D eigenvalue weighted by Gasteiger charge is -2.27. The molecule has 0 bridgehead atoms. The molecule has 0 amide bonds. The summed E-state index contributed by atoms with van der Waals surface area (Å²) in [6, 6.07) is 3.97. The smallest absolute Gasteiger partial charge is 0.163 e. The number of imidazole rings is 1. The quantitative estimate of drug-likeness (QED) is 0.775. The van der Waals surface area contributed by atoms with Gasteiger partial charge in [-0.3, -0.25) is 4.90 Å². The molecule has 3 rings (SSSR count). The first kappa shape index (κ1) is 18.0. The van der Waals surface area contributed by atoms with Crippen molar-refractivity contribution in [3.8, 4) is 11.5 Å². The van der Waals surface area contributed by atoms with Gasteiger partial charge in [0.15, 0.2) is 11.5 Å². The summed E-state index contributed by atoms with van der Waals surface area (Å²) in [6.45, 7) is 6.15. The van der Waals surface area contributed by atoms with E-state index in [9.17, 15) is 0 Å². The number of rotatable bonds is 8. The Morgan fingerprint density at radius 1 is 1.12 bits per heavy atom. The molecule has 7 heteroatoms. The molecule has 2 heterocycles. The third-order valence-electron chi connectivity index (χ3n) is 4.68. The normalized spacial score (nSPS) is 15.6. The van der Waals surface area contributed by atoms with Gasteiger partial charge in [-0.2, -0.15) is 0 Å². The van der Waals surface area contributed by atoms with Crippen molar-refractivity contribution in [1.82, 2.24) is 14.5 Å². The highest BCUT2D eigenvalue weighted by molar-refractivity contribution is 5.80. The van der Waals surface area contributed by atoms with E-state index in [0.29, 0.717) is 12.3 Å². The van der Waals surface area contributed by atoms with E-state index in [1.165, 1.54) is 0 Å². The maximum Gasteiger partial charge on any atom is 0.163 e. The third-order valence-corrected chi connectivity index (χ3v) is 4.68. The Balaban J connectivity index is 1.90. The Labute approximate surface area is 148 Å². The summed E-state index contributed by atoms with van der Waals surface area (Å²) in [5, 5.41) is 0. The molecule has 0 unspecified atom stereocenters. The highest BCUT2D eigenvalue weighted by Crippen LogP contribution is 2.32. The zero-order valence-electron chi connectivity index (χ0n) is 15.2. The molecule has 1 fully saturated rings. The number of nitrogens with two attached hydrogens (primary N) is 1. The first-order valence-electron chi connectivity index (χ1n) is 8.88. The van der Waals surface area contributed by atoms with E-state index in [-0.39, 0.29) is 0 Å². The predicted molar refractivity (Wildman–Crippen MR) is 97.5 cm³/mol. The summed E-state index contributed by atoms with van der Waals surface area (Å²) in [5.74, 6) is 2.51. The van der Waals surface area contributed by atoms with Crippen LogP contribution < -0.4 is 15.2 Å². The van der Waals surface area contributed by atoms with Gasteiger partial charge in [0.05, 0.1) is 38.5 Å². The third kappa shape index (κ3) is 4.05. The van der Waals surface area contributed by atoms with Crippen molar-refractivity contribution in [2.45, 2.75) is 19.4 Å². The number of hydrogen-bond acceptors (Lipinski definition) is 6. The number of hydrogen-bond donors (Lipinski definition) is 1. The van der Waals surface area contributed by atoms with Crippen molar-refractivity contribution in [2.75, 3.05) is 53.6 Å². The van der Waals surface area contributed by atoms with Gasteiger partial charge < -0.3 is 24.5 Å². The molecule has 1 aromatic carbocycles. The molecule has 0 radical (unpaired) electrons. The second-order valence-electron chi connectivity index (χ2n) is 6.22. The standard InChI is InChI=1S/C18H28N4O3/c1-23-16-12-14-15(13-17(16)24-2)22(18(20-14)4-3-5-19)7-6-21-8-10-25-11-9-21/h12-13H,3-11,19H2,1-2H3. The largest absolute Gasteiger partial charge is 0.493 e. The van der Waals surface area contributed by atoms with Gasteiger partial charge >= 0.3 is 0 Å². The van der Waals surface area contributed by atoms with Crippen LogP contribution in [0.2, 0.25) is 0 Å². The van der Waals surface area contributed by atoms with Gasteiger partial charge in [-0.05, 0) is 13.0 Å². The molecule has 0 spiro atoms. The first-order valence-corrected chi connectivity index (χ1v) is 8.88. The molecule has 138 valence electrons. The van der Waals surface area contributed by atoms with Crippen LogP contribution in [0.3, 0.4) is 0 Å². The number of nitrogens with zero attached hydrogens (tertiary/aromatic N) is 3. The fourth-order valence-electron chi connectivity index (χ4n) is 3.27. The summed E-state index contributed by atoms with van der Waals surface area (Å²) in [6.07, 6.45) is 1.80. The minimum Gasteiger partial charge on any atom is -0.493 e. The van der Waals surface area contributed by atoms with Crippen LogP contribution in [0, 0.1) is 0 Å². The number of aryl methyl sites for hydroxylation is 1. The molecule has 0 saturated carbocycles. The first-order chi connectivity index (χ1) is 12.3. The van der Waals surface area contributed by atoms with Gasteiger partial charge in [-0.1, -0.05) is 0 Å². The second kappa shape index (κ2) is 8.51. The Bertz CT molecular complexity index is 695. The van der Waals surface area contributed by atoms with Gasteiger partial charge in [0, 0.05) is 44.7 Å². The summed E-state index contributed by atoms with van der Waals surface area (Å²) in [5.41, 5.74) is 7.72. The van der Waals surface area contributed by atoms with Crippen molar-refractivity contribution in [3.05, 3.63) is 18.0 Å². The number of methoxy groups -OCH3 is 2. The summed E-state index contributed by atoms with van der Waals surface area (Å²) < 4.78 is 18.6. The topological polar surface area (TPSA) is 74.8 Å². The van der Waals surface area contributed by atoms with Crippen LogP contribution in [0.25, 0.3) is 11.0 Å². The van der Waals surface area contributed by atoms with E-state index in [2.05, 4.69) is 9.47 Å². The van der Waals surface area contributed by atoms with Crippen molar-refractivity contribution in [3.63, 3.8) is 0 Å². The van der Waals surface area contributed by atoms with Crippen LogP contribution in [-0.4, -0.2) is 68.1 Å². The lowest BCUT2D eigenvalue weighted by atomic mass is 10.2. The van der Waals surface area contributed by atoms with Gasteiger partial charge in [-0.25, -0.2) is 4.98 Å². The Morgan fingerprint density at radius 3 is 2.52 bits per heavy atom. The number of ether oxygens (including phenoxy) is 3. The predicted octanol–water partition coefficient (Wildman–Crippen LogP) is 1.28. The lowest BCUT2D eigenvalue weighted by molar-refractivity contribution is 0.0364. The maximum atomic E-state index is 5.70. The van der Waals surface area contributed by atoms with Crippen LogP contribution in [0.15, 0.2) is 12.1 Å². The number of aromatic nitrogens is 2. The highest BCUT2D eigenvalue weighted by Gasteiger charge is 2.16. The van der Waals surface area contributed by atoms with E-state index >= 15 is 0 Å². The molecule has 1 aliphatic heterocycles. The summed E-state index contributed by atoms with van der Waals surface area (Å²) in [4.78, 5) is 7.26. The summed E-state index contributed by atoms with van der Waals surface area (Å²) in [7, 11) is 3.31. The average molecular weight is 348 g/mol. The molecule has 2 N–H and O–H groups in total. The molecule has 0 aliphatic carbocycles. The molecule has 2 aromatic rings. The number of morpholine rings is 1. The van der Waals surface area contributed by atoms with Crippen molar-refractivity contribution < 1.29 is 14.2 Å².